The molecule has 142 valence electrons. The van der Waals surface area contributed by atoms with Crippen LogP contribution in [0.15, 0.2) is 0 Å². The van der Waals surface area contributed by atoms with Crippen molar-refractivity contribution in [2.45, 2.75) is 110 Å². The maximum Gasteiger partial charge on any atom is 0.140 e. The van der Waals surface area contributed by atoms with Crippen LogP contribution in [0, 0.1) is 12.3 Å². The van der Waals surface area contributed by atoms with Gasteiger partial charge in [-0.15, -0.1) is 6.42 Å². The van der Waals surface area contributed by atoms with Crippen LogP contribution in [0.3, 0.4) is 0 Å². The van der Waals surface area contributed by atoms with E-state index in [9.17, 15) is 0 Å². The molecule has 0 heterocycles. The second kappa shape index (κ2) is 17.3. The third kappa shape index (κ3) is 17.9. The molecule has 0 aromatic rings. The molecule has 0 unspecified atom stereocenters. The topological polar surface area (TPSA) is 0 Å². The van der Waals surface area contributed by atoms with Gasteiger partial charge < -0.3 is 4.48 Å². The molecule has 0 bridgehead atoms. The first-order valence-corrected chi connectivity index (χ1v) is 10.9. The number of terminal acetylenes is 1. The highest BCUT2D eigenvalue weighted by Gasteiger charge is 2.11. The summed E-state index contributed by atoms with van der Waals surface area (Å²) in [6, 6.07) is 0. The Morgan fingerprint density at radius 1 is 0.583 bits per heavy atom. The molecule has 0 aliphatic carbocycles. The van der Waals surface area contributed by atoms with Crippen LogP contribution in [0.1, 0.15) is 110 Å². The minimum Gasteiger partial charge on any atom is -0.318 e. The predicted octanol–water partition coefficient (Wildman–Crippen LogP) is 6.96. The van der Waals surface area contributed by atoms with E-state index >= 15 is 0 Å². The van der Waals surface area contributed by atoms with E-state index in [2.05, 4.69) is 26.9 Å². The van der Waals surface area contributed by atoms with Crippen molar-refractivity contribution in [3.8, 4) is 12.3 Å². The summed E-state index contributed by atoms with van der Waals surface area (Å²) in [6.45, 7) is 4.38. The molecule has 1 heteroatoms. The van der Waals surface area contributed by atoms with Gasteiger partial charge in [0.2, 0.25) is 0 Å². The Bertz CT molecular complexity index is 287. The van der Waals surface area contributed by atoms with Gasteiger partial charge >= 0.3 is 0 Å². The number of quaternary nitrogens is 1. The second-order valence-corrected chi connectivity index (χ2v) is 8.32. The first-order valence-electron chi connectivity index (χ1n) is 10.9. The number of hydrogen-bond donors (Lipinski definition) is 0. The quantitative estimate of drug-likeness (QED) is 0.144. The monoisotopic (exact) mass is 336 g/mol. The normalized spacial score (nSPS) is 11.6. The Morgan fingerprint density at radius 2 is 0.917 bits per heavy atom. The largest absolute Gasteiger partial charge is 0.318 e. The highest BCUT2D eigenvalue weighted by atomic mass is 15.3. The zero-order chi connectivity index (χ0) is 17.9. The van der Waals surface area contributed by atoms with Crippen LogP contribution in [0.2, 0.25) is 0 Å². The lowest BCUT2D eigenvalue weighted by atomic mass is 10.0. The van der Waals surface area contributed by atoms with E-state index < -0.39 is 0 Å². The number of hydrogen-bond acceptors (Lipinski definition) is 0. The minimum absolute atomic E-state index is 0.860. The van der Waals surface area contributed by atoms with Crippen LogP contribution in [0.4, 0.5) is 0 Å². The van der Waals surface area contributed by atoms with E-state index in [1.807, 2.05) is 0 Å². The van der Waals surface area contributed by atoms with Crippen molar-refractivity contribution in [1.29, 1.82) is 0 Å². The fourth-order valence-corrected chi connectivity index (χ4v) is 3.41. The molecule has 0 amide bonds. The highest BCUT2D eigenvalue weighted by Crippen LogP contribution is 2.14. The lowest BCUT2D eigenvalue weighted by Gasteiger charge is -2.27. The molecule has 0 aliphatic rings. The number of nitrogens with zero attached hydrogens (tertiary/aromatic N) is 1. The zero-order valence-corrected chi connectivity index (χ0v) is 17.3. The average molecular weight is 337 g/mol. The molecule has 0 N–H and O–H groups in total. The number of rotatable bonds is 18. The van der Waals surface area contributed by atoms with Gasteiger partial charge in [0.15, 0.2) is 0 Å². The molecule has 0 spiro atoms. The molecule has 0 fully saturated rings. The van der Waals surface area contributed by atoms with Crippen LogP contribution in [-0.2, 0) is 0 Å². The van der Waals surface area contributed by atoms with Crippen LogP contribution >= 0.6 is 0 Å². The Balaban J connectivity index is 3.12. The third-order valence-electron chi connectivity index (χ3n) is 5.14. The molecular weight excluding hydrogens is 290 g/mol. The van der Waals surface area contributed by atoms with Crippen molar-refractivity contribution in [2.24, 2.45) is 0 Å². The molecule has 0 aromatic carbocycles. The van der Waals surface area contributed by atoms with E-state index in [1.165, 1.54) is 109 Å². The Kier molecular flexibility index (Phi) is 17.0. The fourth-order valence-electron chi connectivity index (χ4n) is 3.41. The van der Waals surface area contributed by atoms with Crippen LogP contribution in [0.25, 0.3) is 0 Å². The summed E-state index contributed by atoms with van der Waals surface area (Å²) in [6.07, 6.45) is 28.4. The summed E-state index contributed by atoms with van der Waals surface area (Å²) < 4.78 is 0.981. The smallest absolute Gasteiger partial charge is 0.140 e. The maximum absolute atomic E-state index is 5.41. The Hall–Kier alpha value is -0.480. The lowest BCUT2D eigenvalue weighted by molar-refractivity contribution is -0.883. The van der Waals surface area contributed by atoms with Crippen molar-refractivity contribution in [3.63, 3.8) is 0 Å². The molecule has 0 atom stereocenters. The van der Waals surface area contributed by atoms with Gasteiger partial charge in [-0.05, 0) is 18.8 Å². The summed E-state index contributed by atoms with van der Waals surface area (Å²) >= 11 is 0. The van der Waals surface area contributed by atoms with E-state index in [-0.39, 0.29) is 0 Å². The molecule has 24 heavy (non-hydrogen) atoms. The molecular formula is C23H46N+. The maximum atomic E-state index is 5.41. The summed E-state index contributed by atoms with van der Waals surface area (Å²) in [5, 5.41) is 0. The van der Waals surface area contributed by atoms with E-state index in [0.717, 1.165) is 11.0 Å². The molecule has 0 saturated heterocycles. The summed E-state index contributed by atoms with van der Waals surface area (Å²) in [5.41, 5.74) is 0. The first-order chi connectivity index (χ1) is 11.6. The third-order valence-corrected chi connectivity index (χ3v) is 5.14. The summed E-state index contributed by atoms with van der Waals surface area (Å²) in [5.74, 6) is 2.78. The molecule has 0 aromatic heterocycles. The van der Waals surface area contributed by atoms with Crippen molar-refractivity contribution >= 4 is 0 Å². The van der Waals surface area contributed by atoms with Gasteiger partial charge in [0.05, 0.1) is 20.6 Å². The van der Waals surface area contributed by atoms with Crippen LogP contribution < -0.4 is 0 Å². The molecule has 0 aliphatic heterocycles. The SMILES string of the molecule is C#CC[N+](C)(C)CCCCCCCCCCCCCCCCCC. The molecule has 0 rings (SSSR count). The second-order valence-electron chi connectivity index (χ2n) is 8.32. The van der Waals surface area contributed by atoms with Crippen LogP contribution in [0.5, 0.6) is 0 Å². The zero-order valence-electron chi connectivity index (χ0n) is 17.3. The van der Waals surface area contributed by atoms with Crippen molar-refractivity contribution in [2.75, 3.05) is 27.2 Å². The van der Waals surface area contributed by atoms with Crippen molar-refractivity contribution in [3.05, 3.63) is 0 Å². The first kappa shape index (κ1) is 23.5. The summed E-state index contributed by atoms with van der Waals surface area (Å²) in [7, 11) is 4.48. The van der Waals surface area contributed by atoms with E-state index in [4.69, 9.17) is 6.42 Å². The highest BCUT2D eigenvalue weighted by molar-refractivity contribution is 4.83. The van der Waals surface area contributed by atoms with E-state index in [0.29, 0.717) is 0 Å². The van der Waals surface area contributed by atoms with Crippen LogP contribution in [-0.4, -0.2) is 31.7 Å². The van der Waals surface area contributed by atoms with Crippen molar-refractivity contribution in [1.82, 2.24) is 0 Å². The van der Waals surface area contributed by atoms with E-state index in [1.54, 1.807) is 0 Å². The van der Waals surface area contributed by atoms with Gasteiger partial charge in [-0.2, -0.15) is 0 Å². The van der Waals surface area contributed by atoms with Gasteiger partial charge in [-0.1, -0.05) is 96.8 Å². The molecule has 1 nitrogen and oxygen atoms in total. The van der Waals surface area contributed by atoms with Gasteiger partial charge in [0.1, 0.15) is 6.54 Å². The van der Waals surface area contributed by atoms with Gasteiger partial charge in [0, 0.05) is 0 Å². The van der Waals surface area contributed by atoms with Gasteiger partial charge in [0.25, 0.3) is 0 Å². The Morgan fingerprint density at radius 3 is 1.25 bits per heavy atom. The van der Waals surface area contributed by atoms with Crippen molar-refractivity contribution < 1.29 is 4.48 Å². The standard InChI is InChI=1S/C23H46N/c1-5-7-8-9-10-11-12-13-14-15-16-17-18-19-20-21-23-24(3,4)22-6-2/h2H,5,7-23H2,1,3-4H3/q+1. The molecule has 0 saturated carbocycles. The molecule has 0 radical (unpaired) electrons. The Labute approximate surface area is 154 Å². The van der Waals surface area contributed by atoms with Gasteiger partial charge in [-0.3, -0.25) is 0 Å². The lowest BCUT2D eigenvalue weighted by Crippen LogP contribution is -2.40. The fraction of sp³-hybridized carbons (Fsp3) is 0.913. The number of unbranched alkanes of at least 4 members (excludes halogenated alkanes) is 15. The van der Waals surface area contributed by atoms with Gasteiger partial charge in [-0.25, -0.2) is 0 Å². The predicted molar refractivity (Wildman–Crippen MR) is 110 cm³/mol. The minimum atomic E-state index is 0.860. The summed E-state index contributed by atoms with van der Waals surface area (Å²) in [4.78, 5) is 0. The average Bonchev–Trinajstić information content (AvgIpc) is 2.54.